The third kappa shape index (κ3) is 3.33. The van der Waals surface area contributed by atoms with Gasteiger partial charge in [0.1, 0.15) is 6.54 Å². The van der Waals surface area contributed by atoms with Gasteiger partial charge >= 0.3 is 5.97 Å². The molecule has 1 aromatic heterocycles. The van der Waals surface area contributed by atoms with Crippen molar-refractivity contribution in [1.82, 2.24) is 15.0 Å². The first kappa shape index (κ1) is 14.0. The molecule has 0 aliphatic carbocycles. The largest absolute Gasteiger partial charge is 0.480 e. The van der Waals surface area contributed by atoms with E-state index in [1.807, 2.05) is 13.0 Å². The third-order valence-electron chi connectivity index (χ3n) is 2.44. The minimum Gasteiger partial charge on any atom is -0.480 e. The quantitative estimate of drug-likeness (QED) is 0.892. The second-order valence-electron chi connectivity index (χ2n) is 4.13. The predicted molar refractivity (Wildman–Crippen MR) is 71.8 cm³/mol. The Morgan fingerprint density at radius 2 is 2.20 bits per heavy atom. The fourth-order valence-corrected chi connectivity index (χ4v) is 1.70. The van der Waals surface area contributed by atoms with E-state index in [0.717, 1.165) is 10.2 Å². The van der Waals surface area contributed by atoms with Crippen LogP contribution in [0.15, 0.2) is 24.4 Å². The lowest BCUT2D eigenvalue weighted by atomic mass is 10.2. The molecule has 0 spiro atoms. The number of carboxylic acids is 1. The van der Waals surface area contributed by atoms with Gasteiger partial charge in [-0.15, -0.1) is 5.10 Å². The van der Waals surface area contributed by atoms with Gasteiger partial charge in [0, 0.05) is 0 Å². The summed E-state index contributed by atoms with van der Waals surface area (Å²) in [5.41, 5.74) is 1.42. The zero-order valence-electron chi connectivity index (χ0n) is 10.5. The van der Waals surface area contributed by atoms with Crippen molar-refractivity contribution in [3.63, 3.8) is 0 Å². The number of halogens is 1. The molecule has 0 aliphatic heterocycles. The summed E-state index contributed by atoms with van der Waals surface area (Å²) in [5, 5.41) is 18.8. The van der Waals surface area contributed by atoms with Crippen molar-refractivity contribution in [3.8, 4) is 0 Å². The summed E-state index contributed by atoms with van der Waals surface area (Å²) < 4.78 is 1.06. The first-order valence-electron chi connectivity index (χ1n) is 5.65. The molecule has 0 saturated heterocycles. The van der Waals surface area contributed by atoms with Crippen LogP contribution < -0.4 is 5.32 Å². The van der Waals surface area contributed by atoms with Crippen molar-refractivity contribution in [2.24, 2.45) is 0 Å². The summed E-state index contributed by atoms with van der Waals surface area (Å²) in [7, 11) is 0. The minimum atomic E-state index is -1.07. The van der Waals surface area contributed by atoms with Gasteiger partial charge in [-0.05, 0) is 24.6 Å². The van der Waals surface area contributed by atoms with Gasteiger partial charge in [-0.3, -0.25) is 9.59 Å². The van der Waals surface area contributed by atoms with Crippen LogP contribution in [0.4, 0.5) is 5.69 Å². The van der Waals surface area contributed by atoms with Crippen molar-refractivity contribution in [3.05, 3.63) is 40.7 Å². The zero-order chi connectivity index (χ0) is 14.7. The highest BCUT2D eigenvalue weighted by molar-refractivity contribution is 6.33. The van der Waals surface area contributed by atoms with E-state index < -0.39 is 11.9 Å². The molecule has 8 heteroatoms. The Kier molecular flexibility index (Phi) is 3.99. The summed E-state index contributed by atoms with van der Waals surface area (Å²) in [6, 6.07) is 5.22. The Morgan fingerprint density at radius 3 is 2.90 bits per heavy atom. The molecule has 20 heavy (non-hydrogen) atoms. The molecule has 0 aliphatic rings. The molecule has 0 saturated carbocycles. The van der Waals surface area contributed by atoms with Crippen molar-refractivity contribution in [1.29, 1.82) is 0 Å². The number of nitrogens with zero attached hydrogens (tertiary/aromatic N) is 3. The minimum absolute atomic E-state index is 0.0174. The van der Waals surface area contributed by atoms with E-state index in [9.17, 15) is 9.59 Å². The number of hydrogen-bond donors (Lipinski definition) is 2. The summed E-state index contributed by atoms with van der Waals surface area (Å²) in [6.07, 6.45) is 1.26. The highest BCUT2D eigenvalue weighted by Gasteiger charge is 2.13. The van der Waals surface area contributed by atoms with Crippen LogP contribution in [0.2, 0.25) is 5.02 Å². The average Bonchev–Trinajstić information content (AvgIpc) is 2.81. The molecular formula is C12H11ClN4O3. The maximum Gasteiger partial charge on any atom is 0.325 e. The number of carboxylic acid groups (broad SMARTS) is 1. The van der Waals surface area contributed by atoms with Crippen molar-refractivity contribution in [2.75, 3.05) is 5.32 Å². The molecule has 0 atom stereocenters. The maximum atomic E-state index is 11.9. The van der Waals surface area contributed by atoms with Crippen LogP contribution in [0, 0.1) is 6.92 Å². The zero-order valence-corrected chi connectivity index (χ0v) is 11.3. The van der Waals surface area contributed by atoms with Gasteiger partial charge < -0.3 is 10.4 Å². The van der Waals surface area contributed by atoms with Crippen molar-refractivity contribution in [2.45, 2.75) is 13.5 Å². The molecule has 2 N–H and O–H groups in total. The molecule has 1 heterocycles. The first-order chi connectivity index (χ1) is 9.45. The second kappa shape index (κ2) is 5.70. The number of carbonyl (C=O) groups is 2. The maximum absolute atomic E-state index is 11.9. The molecule has 104 valence electrons. The van der Waals surface area contributed by atoms with E-state index in [-0.39, 0.29) is 12.2 Å². The van der Waals surface area contributed by atoms with Gasteiger partial charge in [0.15, 0.2) is 5.69 Å². The Labute approximate surface area is 119 Å². The predicted octanol–water partition coefficient (Wildman–Crippen LogP) is 1.58. The van der Waals surface area contributed by atoms with Crippen molar-refractivity contribution < 1.29 is 14.7 Å². The average molecular weight is 295 g/mol. The first-order valence-corrected chi connectivity index (χ1v) is 6.03. The molecule has 2 aromatic rings. The topological polar surface area (TPSA) is 97.1 Å². The number of amides is 1. The van der Waals surface area contributed by atoms with E-state index >= 15 is 0 Å². The van der Waals surface area contributed by atoms with E-state index in [1.165, 1.54) is 6.20 Å². The molecule has 0 unspecified atom stereocenters. The molecule has 0 bridgehead atoms. The SMILES string of the molecule is Cc1ccc(Cl)c(NC(=O)c2cn(CC(=O)O)nn2)c1. The summed E-state index contributed by atoms with van der Waals surface area (Å²) in [6.45, 7) is 1.51. The molecule has 1 aromatic carbocycles. The number of aromatic nitrogens is 3. The third-order valence-corrected chi connectivity index (χ3v) is 2.77. The molecule has 1 amide bonds. The van der Waals surface area contributed by atoms with Crippen molar-refractivity contribution >= 4 is 29.2 Å². The highest BCUT2D eigenvalue weighted by Crippen LogP contribution is 2.23. The number of aliphatic carboxylic acids is 1. The smallest absolute Gasteiger partial charge is 0.325 e. The fourth-order valence-electron chi connectivity index (χ4n) is 1.54. The Bertz CT molecular complexity index is 668. The van der Waals surface area contributed by atoms with E-state index in [0.29, 0.717) is 10.7 Å². The van der Waals surface area contributed by atoms with Gasteiger partial charge in [0.05, 0.1) is 16.9 Å². The Balaban J connectivity index is 2.13. The monoisotopic (exact) mass is 294 g/mol. The lowest BCUT2D eigenvalue weighted by Gasteiger charge is -2.06. The van der Waals surface area contributed by atoms with Gasteiger partial charge in [0.25, 0.3) is 5.91 Å². The standard InChI is InChI=1S/C12H11ClN4O3/c1-7-2-3-8(13)9(4-7)14-12(20)10-5-17(16-15-10)6-11(18)19/h2-5H,6H2,1H3,(H,14,20)(H,18,19). The number of nitrogens with one attached hydrogen (secondary N) is 1. The number of carbonyl (C=O) groups excluding carboxylic acids is 1. The van der Waals surface area contributed by atoms with Crippen LogP contribution in [0.3, 0.4) is 0 Å². The normalized spacial score (nSPS) is 10.3. The van der Waals surface area contributed by atoms with Crippen LogP contribution in [0.25, 0.3) is 0 Å². The van der Waals surface area contributed by atoms with Gasteiger partial charge in [-0.25, -0.2) is 4.68 Å². The van der Waals surface area contributed by atoms with Gasteiger partial charge in [-0.1, -0.05) is 22.9 Å². The summed E-state index contributed by atoms with van der Waals surface area (Å²) >= 11 is 5.97. The molecule has 0 fully saturated rings. The lowest BCUT2D eigenvalue weighted by molar-refractivity contribution is -0.137. The van der Waals surface area contributed by atoms with Gasteiger partial charge in [0.2, 0.25) is 0 Å². The Hall–Kier alpha value is -2.41. The van der Waals surface area contributed by atoms with Crippen LogP contribution in [-0.4, -0.2) is 32.0 Å². The molecular weight excluding hydrogens is 284 g/mol. The molecule has 7 nitrogen and oxygen atoms in total. The van der Waals surface area contributed by atoms with E-state index in [4.69, 9.17) is 16.7 Å². The highest BCUT2D eigenvalue weighted by atomic mass is 35.5. The number of anilines is 1. The molecule has 0 radical (unpaired) electrons. The number of hydrogen-bond acceptors (Lipinski definition) is 4. The summed E-state index contributed by atoms with van der Waals surface area (Å²) in [4.78, 5) is 22.5. The summed E-state index contributed by atoms with van der Waals surface area (Å²) in [5.74, 6) is -1.57. The van der Waals surface area contributed by atoms with E-state index in [1.54, 1.807) is 12.1 Å². The number of aryl methyl sites for hydroxylation is 1. The van der Waals surface area contributed by atoms with E-state index in [2.05, 4.69) is 15.6 Å². The molecule has 2 rings (SSSR count). The Morgan fingerprint density at radius 1 is 1.45 bits per heavy atom. The number of benzene rings is 1. The lowest BCUT2D eigenvalue weighted by Crippen LogP contribution is -2.13. The second-order valence-corrected chi connectivity index (χ2v) is 4.54. The number of rotatable bonds is 4. The van der Waals surface area contributed by atoms with Crippen LogP contribution in [-0.2, 0) is 11.3 Å². The fraction of sp³-hybridized carbons (Fsp3) is 0.167. The van der Waals surface area contributed by atoms with Crippen LogP contribution >= 0.6 is 11.6 Å². The van der Waals surface area contributed by atoms with Gasteiger partial charge in [-0.2, -0.15) is 0 Å². The van der Waals surface area contributed by atoms with Crippen LogP contribution in [0.5, 0.6) is 0 Å². The van der Waals surface area contributed by atoms with Crippen LogP contribution in [0.1, 0.15) is 16.1 Å².